The monoisotopic (exact) mass is 367 g/mol. The lowest BCUT2D eigenvalue weighted by molar-refractivity contribution is -0.135. The first-order valence-electron chi connectivity index (χ1n) is 7.88. The van der Waals surface area contributed by atoms with Gasteiger partial charge in [0.2, 0.25) is 0 Å². The van der Waals surface area contributed by atoms with Crippen molar-refractivity contribution in [3.05, 3.63) is 64.7 Å². The summed E-state index contributed by atoms with van der Waals surface area (Å²) in [6.07, 6.45) is 2.81. The van der Waals surface area contributed by atoms with Crippen LogP contribution in [0.2, 0.25) is 0 Å². The molecule has 26 heavy (non-hydrogen) atoms. The number of hydrogen-bond acceptors (Lipinski definition) is 6. The topological polar surface area (TPSA) is 71.9 Å². The number of esters is 1. The van der Waals surface area contributed by atoms with E-state index in [0.29, 0.717) is 16.7 Å². The van der Waals surface area contributed by atoms with E-state index in [1.54, 1.807) is 18.3 Å². The number of aromatic nitrogens is 1. The number of carbonyl (C=O) groups is 2. The standard InChI is InChI=1S/C19H17N3O3S/c1-12-7-8-14(10-13(12)2)22-18(24)15(11-17(23)25-3)26-19(22)21-16-6-4-5-9-20-16/h4-11H,1-3H3/b15-11-,21-19-. The Morgan fingerprint density at radius 2 is 2.04 bits per heavy atom. The minimum Gasteiger partial charge on any atom is -0.466 e. The van der Waals surface area contributed by atoms with Crippen molar-refractivity contribution in [2.75, 3.05) is 12.0 Å². The van der Waals surface area contributed by atoms with E-state index in [2.05, 4.69) is 14.7 Å². The summed E-state index contributed by atoms with van der Waals surface area (Å²) in [5, 5.41) is 0.437. The summed E-state index contributed by atoms with van der Waals surface area (Å²) >= 11 is 1.12. The fourth-order valence-electron chi connectivity index (χ4n) is 2.32. The maximum atomic E-state index is 12.9. The highest BCUT2D eigenvalue weighted by Gasteiger charge is 2.35. The van der Waals surface area contributed by atoms with Crippen LogP contribution in [0.15, 0.2) is 58.6 Å². The first-order chi connectivity index (χ1) is 12.5. The van der Waals surface area contributed by atoms with E-state index in [1.807, 2.05) is 38.1 Å². The Bertz CT molecular complexity index is 923. The highest BCUT2D eigenvalue weighted by molar-refractivity contribution is 8.19. The van der Waals surface area contributed by atoms with Gasteiger partial charge in [-0.1, -0.05) is 12.1 Å². The summed E-state index contributed by atoms with van der Waals surface area (Å²) in [5.74, 6) is -0.422. The maximum absolute atomic E-state index is 12.9. The molecule has 0 unspecified atom stereocenters. The summed E-state index contributed by atoms with van der Waals surface area (Å²) in [6.45, 7) is 3.98. The molecule has 1 fully saturated rings. The van der Waals surface area contributed by atoms with Crippen LogP contribution in [0, 0.1) is 13.8 Å². The molecule has 0 aliphatic carbocycles. The number of ether oxygens (including phenoxy) is 1. The fraction of sp³-hybridized carbons (Fsp3) is 0.158. The van der Waals surface area contributed by atoms with E-state index in [1.165, 1.54) is 18.1 Å². The van der Waals surface area contributed by atoms with Gasteiger partial charge in [-0.2, -0.15) is 0 Å². The molecule has 1 amide bonds. The fourth-order valence-corrected chi connectivity index (χ4v) is 3.27. The summed E-state index contributed by atoms with van der Waals surface area (Å²) in [4.78, 5) is 34.9. The molecule has 1 aromatic heterocycles. The molecule has 1 aliphatic heterocycles. The van der Waals surface area contributed by atoms with Crippen molar-refractivity contribution < 1.29 is 14.3 Å². The predicted octanol–water partition coefficient (Wildman–Crippen LogP) is 3.52. The van der Waals surface area contributed by atoms with E-state index in [9.17, 15) is 9.59 Å². The smallest absolute Gasteiger partial charge is 0.331 e. The molecule has 1 aliphatic rings. The number of amidine groups is 1. The highest BCUT2D eigenvalue weighted by Crippen LogP contribution is 2.36. The Hall–Kier alpha value is -2.93. The number of nitrogens with zero attached hydrogens (tertiary/aromatic N) is 3. The number of hydrogen-bond donors (Lipinski definition) is 0. The molecule has 3 rings (SSSR count). The van der Waals surface area contributed by atoms with Gasteiger partial charge in [0.15, 0.2) is 11.0 Å². The molecule has 2 aromatic rings. The third-order valence-electron chi connectivity index (χ3n) is 3.86. The molecule has 0 spiro atoms. The number of amides is 1. The molecule has 1 saturated heterocycles. The van der Waals surface area contributed by atoms with Crippen LogP contribution in [-0.4, -0.2) is 29.1 Å². The Balaban J connectivity index is 2.08. The molecular formula is C19H17N3O3S. The first kappa shape index (κ1) is 17.9. The lowest BCUT2D eigenvalue weighted by Crippen LogP contribution is -2.29. The van der Waals surface area contributed by atoms with Crippen LogP contribution in [0.3, 0.4) is 0 Å². The molecule has 2 heterocycles. The minimum absolute atomic E-state index is 0.254. The van der Waals surface area contributed by atoms with E-state index < -0.39 is 5.97 Å². The van der Waals surface area contributed by atoms with Gasteiger partial charge in [-0.25, -0.2) is 14.8 Å². The van der Waals surface area contributed by atoms with Crippen molar-refractivity contribution in [1.29, 1.82) is 0 Å². The van der Waals surface area contributed by atoms with E-state index in [-0.39, 0.29) is 10.8 Å². The van der Waals surface area contributed by atoms with Gasteiger partial charge in [0, 0.05) is 12.3 Å². The molecule has 0 radical (unpaired) electrons. The summed E-state index contributed by atoms with van der Waals surface area (Å²) in [5.41, 5.74) is 2.87. The molecule has 132 valence electrons. The van der Waals surface area contributed by atoms with Gasteiger partial charge in [-0.15, -0.1) is 0 Å². The molecule has 0 saturated carbocycles. The number of thioether (sulfide) groups is 1. The number of carbonyl (C=O) groups excluding carboxylic acids is 2. The van der Waals surface area contributed by atoms with Crippen molar-refractivity contribution in [2.45, 2.75) is 13.8 Å². The quantitative estimate of drug-likeness (QED) is 0.613. The van der Waals surface area contributed by atoms with Crippen LogP contribution >= 0.6 is 11.8 Å². The molecular weight excluding hydrogens is 350 g/mol. The van der Waals surface area contributed by atoms with Crippen LogP contribution in [-0.2, 0) is 14.3 Å². The zero-order valence-corrected chi connectivity index (χ0v) is 15.4. The number of rotatable bonds is 3. The SMILES string of the molecule is COC(=O)/C=C1\S/C(=N\c2ccccn2)N(c2ccc(C)c(C)c2)C1=O. The summed E-state index contributed by atoms with van der Waals surface area (Å²) < 4.78 is 4.64. The van der Waals surface area contributed by atoms with Crippen LogP contribution in [0.25, 0.3) is 0 Å². The zero-order chi connectivity index (χ0) is 18.7. The number of anilines is 1. The lowest BCUT2D eigenvalue weighted by Gasteiger charge is -2.17. The molecule has 0 N–H and O–H groups in total. The van der Waals surface area contributed by atoms with Gasteiger partial charge in [0.05, 0.1) is 17.7 Å². The number of methoxy groups -OCH3 is 1. The van der Waals surface area contributed by atoms with Crippen LogP contribution in [0.1, 0.15) is 11.1 Å². The zero-order valence-electron chi connectivity index (χ0n) is 14.6. The maximum Gasteiger partial charge on any atom is 0.331 e. The van der Waals surface area contributed by atoms with Crippen LogP contribution in [0.5, 0.6) is 0 Å². The Kier molecular flexibility index (Phi) is 5.18. The summed E-state index contributed by atoms with van der Waals surface area (Å²) in [6, 6.07) is 11.1. The van der Waals surface area contributed by atoms with Crippen molar-refractivity contribution in [1.82, 2.24) is 4.98 Å². The molecule has 6 nitrogen and oxygen atoms in total. The second kappa shape index (κ2) is 7.53. The Labute approximate surface area is 155 Å². The average molecular weight is 367 g/mol. The van der Waals surface area contributed by atoms with E-state index in [0.717, 1.165) is 22.9 Å². The first-order valence-corrected chi connectivity index (χ1v) is 8.70. The van der Waals surface area contributed by atoms with Crippen molar-refractivity contribution in [3.63, 3.8) is 0 Å². The van der Waals surface area contributed by atoms with Gasteiger partial charge in [-0.05, 0) is 61.0 Å². The number of benzene rings is 1. The van der Waals surface area contributed by atoms with Gasteiger partial charge in [0.25, 0.3) is 5.91 Å². The number of aliphatic imine (C=N–C) groups is 1. The van der Waals surface area contributed by atoms with E-state index in [4.69, 9.17) is 0 Å². The van der Waals surface area contributed by atoms with E-state index >= 15 is 0 Å². The van der Waals surface area contributed by atoms with Gasteiger partial charge in [-0.3, -0.25) is 9.69 Å². The van der Waals surface area contributed by atoms with Crippen LogP contribution < -0.4 is 4.90 Å². The van der Waals surface area contributed by atoms with Gasteiger partial charge in [0.1, 0.15) is 0 Å². The molecule has 0 bridgehead atoms. The van der Waals surface area contributed by atoms with Gasteiger partial charge >= 0.3 is 5.97 Å². The Morgan fingerprint density at radius 3 is 2.69 bits per heavy atom. The highest BCUT2D eigenvalue weighted by atomic mass is 32.2. The van der Waals surface area contributed by atoms with Crippen molar-refractivity contribution in [2.24, 2.45) is 4.99 Å². The third kappa shape index (κ3) is 3.67. The van der Waals surface area contributed by atoms with Gasteiger partial charge < -0.3 is 4.74 Å². The lowest BCUT2D eigenvalue weighted by atomic mass is 10.1. The van der Waals surface area contributed by atoms with Crippen molar-refractivity contribution >= 4 is 40.3 Å². The van der Waals surface area contributed by atoms with Crippen molar-refractivity contribution in [3.8, 4) is 0 Å². The third-order valence-corrected chi connectivity index (χ3v) is 4.83. The summed E-state index contributed by atoms with van der Waals surface area (Å²) in [7, 11) is 1.27. The predicted molar refractivity (Wildman–Crippen MR) is 102 cm³/mol. The number of aryl methyl sites for hydroxylation is 2. The minimum atomic E-state index is -0.583. The second-order valence-electron chi connectivity index (χ2n) is 5.63. The Morgan fingerprint density at radius 1 is 1.23 bits per heavy atom. The normalized spacial score (nSPS) is 17.2. The van der Waals surface area contributed by atoms with Crippen LogP contribution in [0.4, 0.5) is 11.5 Å². The molecule has 1 aromatic carbocycles. The number of pyridine rings is 1. The average Bonchev–Trinajstić information content (AvgIpc) is 2.93. The largest absolute Gasteiger partial charge is 0.466 e. The molecule has 7 heteroatoms. The molecule has 0 atom stereocenters. The second-order valence-corrected chi connectivity index (χ2v) is 6.63.